The van der Waals surface area contributed by atoms with Gasteiger partial charge in [0, 0.05) is 40.5 Å². The summed E-state index contributed by atoms with van der Waals surface area (Å²) in [4.78, 5) is 5.88. The zero-order chi connectivity index (χ0) is 11.4. The molecular formula is C11H18N2S3. The Morgan fingerprint density at radius 1 is 1.38 bits per heavy atom. The number of hydrogen-bond acceptors (Lipinski definition) is 5. The van der Waals surface area contributed by atoms with Gasteiger partial charge in [0.15, 0.2) is 0 Å². The summed E-state index contributed by atoms with van der Waals surface area (Å²) < 4.78 is 0. The molecule has 1 N–H and O–H groups in total. The lowest BCUT2D eigenvalue weighted by Crippen LogP contribution is -2.28. The first-order chi connectivity index (χ1) is 7.75. The van der Waals surface area contributed by atoms with Gasteiger partial charge in [-0.3, -0.25) is 0 Å². The van der Waals surface area contributed by atoms with Crippen molar-refractivity contribution < 1.29 is 0 Å². The lowest BCUT2D eigenvalue weighted by Gasteiger charge is -2.20. The molecule has 0 amide bonds. The average molecular weight is 274 g/mol. The molecule has 0 spiro atoms. The molecule has 0 saturated carbocycles. The average Bonchev–Trinajstić information content (AvgIpc) is 2.60. The van der Waals surface area contributed by atoms with Crippen LogP contribution >= 0.6 is 34.9 Å². The number of thiazole rings is 1. The van der Waals surface area contributed by atoms with Crippen LogP contribution in [0.25, 0.3) is 0 Å². The van der Waals surface area contributed by atoms with E-state index < -0.39 is 0 Å². The minimum Gasteiger partial charge on any atom is -0.309 e. The molecule has 0 aromatic carbocycles. The number of nitrogens with zero attached hydrogens (tertiary/aromatic N) is 1. The minimum atomic E-state index is 0.793. The summed E-state index contributed by atoms with van der Waals surface area (Å²) in [6.07, 6.45) is 0. The third-order valence-corrected chi connectivity index (χ3v) is 6.52. The predicted molar refractivity (Wildman–Crippen MR) is 76.9 cm³/mol. The number of aryl methyl sites for hydroxylation is 2. The molecule has 1 aromatic heterocycles. The van der Waals surface area contributed by atoms with Crippen molar-refractivity contribution in [1.82, 2.24) is 10.3 Å². The van der Waals surface area contributed by atoms with Crippen molar-refractivity contribution in [2.24, 2.45) is 0 Å². The summed E-state index contributed by atoms with van der Waals surface area (Å²) in [5.41, 5.74) is 1.18. The molecule has 0 aliphatic carbocycles. The predicted octanol–water partition coefficient (Wildman–Crippen LogP) is 2.70. The van der Waals surface area contributed by atoms with Gasteiger partial charge in [0.2, 0.25) is 0 Å². The molecule has 5 heteroatoms. The molecule has 2 rings (SSSR count). The Balaban J connectivity index is 1.71. The van der Waals surface area contributed by atoms with Crippen molar-refractivity contribution in [3.8, 4) is 0 Å². The van der Waals surface area contributed by atoms with Gasteiger partial charge in [0.25, 0.3) is 0 Å². The van der Waals surface area contributed by atoms with Crippen LogP contribution in [0.1, 0.15) is 15.6 Å². The van der Waals surface area contributed by atoms with Crippen LogP contribution in [0.2, 0.25) is 0 Å². The Bertz CT molecular complexity index is 312. The molecule has 0 radical (unpaired) electrons. The molecule has 2 heterocycles. The first-order valence-electron chi connectivity index (χ1n) is 5.58. The molecule has 1 aliphatic heterocycles. The van der Waals surface area contributed by atoms with Crippen LogP contribution in [0.4, 0.5) is 0 Å². The highest BCUT2D eigenvalue weighted by Crippen LogP contribution is 2.23. The fraction of sp³-hybridized carbons (Fsp3) is 0.727. The summed E-state index contributed by atoms with van der Waals surface area (Å²) >= 11 is 6.00. The molecule has 2 nitrogen and oxygen atoms in total. The van der Waals surface area contributed by atoms with E-state index in [0.717, 1.165) is 18.3 Å². The summed E-state index contributed by atoms with van der Waals surface area (Å²) in [5, 5.41) is 5.54. The first-order valence-corrected chi connectivity index (χ1v) is 8.60. The summed E-state index contributed by atoms with van der Waals surface area (Å²) in [6, 6.07) is 0. The second-order valence-corrected chi connectivity index (χ2v) is 7.79. The first kappa shape index (κ1) is 12.7. The Kier molecular flexibility index (Phi) is 5.00. The summed E-state index contributed by atoms with van der Waals surface area (Å²) in [7, 11) is 0. The highest BCUT2D eigenvalue weighted by Gasteiger charge is 2.13. The van der Waals surface area contributed by atoms with Gasteiger partial charge in [0.1, 0.15) is 5.01 Å². The van der Waals surface area contributed by atoms with Crippen molar-refractivity contribution in [1.29, 1.82) is 0 Å². The number of nitrogens with one attached hydrogen (secondary N) is 1. The molecule has 1 fully saturated rings. The monoisotopic (exact) mass is 274 g/mol. The molecular weight excluding hydrogens is 256 g/mol. The zero-order valence-corrected chi connectivity index (χ0v) is 12.2. The van der Waals surface area contributed by atoms with Gasteiger partial charge in [-0.1, -0.05) is 0 Å². The van der Waals surface area contributed by atoms with Gasteiger partial charge in [-0.25, -0.2) is 4.98 Å². The highest BCUT2D eigenvalue weighted by molar-refractivity contribution is 8.06. The maximum Gasteiger partial charge on any atom is 0.107 e. The highest BCUT2D eigenvalue weighted by atomic mass is 32.2. The number of aromatic nitrogens is 1. The van der Waals surface area contributed by atoms with Crippen molar-refractivity contribution >= 4 is 34.9 Å². The van der Waals surface area contributed by atoms with E-state index in [1.54, 1.807) is 0 Å². The van der Waals surface area contributed by atoms with Crippen molar-refractivity contribution in [2.75, 3.05) is 23.8 Å². The van der Waals surface area contributed by atoms with E-state index in [2.05, 4.69) is 47.7 Å². The topological polar surface area (TPSA) is 24.9 Å². The lowest BCUT2D eigenvalue weighted by atomic mass is 10.4. The molecule has 16 heavy (non-hydrogen) atoms. The Hall–Kier alpha value is 0.290. The largest absolute Gasteiger partial charge is 0.309 e. The van der Waals surface area contributed by atoms with Crippen molar-refractivity contribution in [3.05, 3.63) is 15.6 Å². The van der Waals surface area contributed by atoms with Crippen molar-refractivity contribution in [2.45, 2.75) is 25.6 Å². The van der Waals surface area contributed by atoms with Gasteiger partial charge >= 0.3 is 0 Å². The standard InChI is InChI=1S/C11H18N2S3/c1-8-9(2)16-11(13-8)6-12-5-10-7-14-3-4-15-10/h10,12H,3-7H2,1-2H3. The van der Waals surface area contributed by atoms with E-state index >= 15 is 0 Å². The van der Waals surface area contributed by atoms with Crippen LogP contribution in [-0.4, -0.2) is 34.0 Å². The van der Waals surface area contributed by atoms with E-state index in [-0.39, 0.29) is 0 Å². The van der Waals surface area contributed by atoms with Crippen LogP contribution in [0.5, 0.6) is 0 Å². The van der Waals surface area contributed by atoms with E-state index in [1.165, 1.54) is 32.8 Å². The van der Waals surface area contributed by atoms with Crippen LogP contribution in [0.3, 0.4) is 0 Å². The lowest BCUT2D eigenvalue weighted by molar-refractivity contribution is 0.682. The minimum absolute atomic E-state index is 0.793. The number of rotatable bonds is 4. The van der Waals surface area contributed by atoms with E-state index in [1.807, 2.05) is 11.3 Å². The number of thioether (sulfide) groups is 2. The number of hydrogen-bond donors (Lipinski definition) is 1. The second kappa shape index (κ2) is 6.28. The van der Waals surface area contributed by atoms with Gasteiger partial charge in [-0.05, 0) is 13.8 Å². The Labute approximate surface area is 110 Å². The summed E-state index contributed by atoms with van der Waals surface area (Å²) in [6.45, 7) is 6.28. The quantitative estimate of drug-likeness (QED) is 0.912. The SMILES string of the molecule is Cc1nc(CNCC2CSCCS2)sc1C. The maximum atomic E-state index is 4.54. The van der Waals surface area contributed by atoms with Crippen LogP contribution in [0.15, 0.2) is 0 Å². The van der Waals surface area contributed by atoms with Gasteiger partial charge in [-0.15, -0.1) is 11.3 Å². The van der Waals surface area contributed by atoms with Crippen LogP contribution < -0.4 is 5.32 Å². The molecule has 90 valence electrons. The summed E-state index contributed by atoms with van der Waals surface area (Å²) in [5.74, 6) is 3.94. The molecule has 1 aromatic rings. The normalized spacial score (nSPS) is 21.2. The third kappa shape index (κ3) is 3.65. The van der Waals surface area contributed by atoms with Gasteiger partial charge in [-0.2, -0.15) is 23.5 Å². The van der Waals surface area contributed by atoms with Crippen molar-refractivity contribution in [3.63, 3.8) is 0 Å². The molecule has 0 bridgehead atoms. The zero-order valence-electron chi connectivity index (χ0n) is 9.78. The fourth-order valence-electron chi connectivity index (χ4n) is 1.61. The smallest absolute Gasteiger partial charge is 0.107 e. The van der Waals surface area contributed by atoms with E-state index in [9.17, 15) is 0 Å². The maximum absolute atomic E-state index is 4.54. The van der Waals surface area contributed by atoms with Crippen LogP contribution in [0, 0.1) is 13.8 Å². The van der Waals surface area contributed by atoms with E-state index in [0.29, 0.717) is 0 Å². The van der Waals surface area contributed by atoms with E-state index in [4.69, 9.17) is 0 Å². The molecule has 1 saturated heterocycles. The van der Waals surface area contributed by atoms with Crippen LogP contribution in [-0.2, 0) is 6.54 Å². The molecule has 1 unspecified atom stereocenters. The van der Waals surface area contributed by atoms with Gasteiger partial charge < -0.3 is 5.32 Å². The Morgan fingerprint density at radius 2 is 2.25 bits per heavy atom. The Morgan fingerprint density at radius 3 is 2.88 bits per heavy atom. The second-order valence-electron chi connectivity index (χ2n) is 3.95. The third-order valence-electron chi connectivity index (χ3n) is 2.61. The fourth-order valence-corrected chi connectivity index (χ4v) is 5.16. The molecule has 1 aliphatic rings. The van der Waals surface area contributed by atoms with Gasteiger partial charge in [0.05, 0.1) is 5.69 Å². The molecule has 1 atom stereocenters.